The molecule has 1 atom stereocenters. The smallest absolute Gasteiger partial charge is 0.372 e. The summed E-state index contributed by atoms with van der Waals surface area (Å²) in [6.07, 6.45) is -2.06. The fourth-order valence-corrected chi connectivity index (χ4v) is 0.964. The van der Waals surface area contributed by atoms with E-state index in [-0.39, 0.29) is 12.6 Å². The Labute approximate surface area is 82.1 Å². The van der Waals surface area contributed by atoms with Gasteiger partial charge in [-0.3, -0.25) is 0 Å². The van der Waals surface area contributed by atoms with Crippen molar-refractivity contribution < 1.29 is 17.9 Å². The fraction of sp³-hybridized carbons (Fsp3) is 0.778. The van der Waals surface area contributed by atoms with E-state index in [0.717, 1.165) is 6.54 Å². The minimum absolute atomic E-state index is 0.0215. The Hall–Kier alpha value is -0.550. The number of rotatable bonds is 7. The van der Waals surface area contributed by atoms with Gasteiger partial charge in [0, 0.05) is 12.6 Å². The second-order valence-electron chi connectivity index (χ2n) is 2.86. The van der Waals surface area contributed by atoms with Crippen molar-refractivity contribution in [3.63, 3.8) is 0 Å². The number of likely N-dealkylation sites (N-methyl/N-ethyl adjacent to an activating group) is 1. The summed E-state index contributed by atoms with van der Waals surface area (Å²) in [5, 5.41) is 3.05. The lowest BCUT2D eigenvalue weighted by atomic mass is 10.2. The van der Waals surface area contributed by atoms with Crippen molar-refractivity contribution in [3.05, 3.63) is 12.7 Å². The van der Waals surface area contributed by atoms with Crippen LogP contribution in [0, 0.1) is 0 Å². The number of alkyl halides is 3. The third kappa shape index (κ3) is 8.07. The Morgan fingerprint density at radius 2 is 2.14 bits per heavy atom. The summed E-state index contributed by atoms with van der Waals surface area (Å²) in [6, 6.07) is 0.0215. The average Bonchev–Trinajstić information content (AvgIpc) is 2.08. The highest BCUT2D eigenvalue weighted by Crippen LogP contribution is 2.14. The maximum atomic E-state index is 11.6. The van der Waals surface area contributed by atoms with Crippen molar-refractivity contribution in [3.8, 4) is 0 Å². The molecule has 0 rings (SSSR count). The predicted molar refractivity (Wildman–Crippen MR) is 49.2 cm³/mol. The van der Waals surface area contributed by atoms with Gasteiger partial charge in [0.2, 0.25) is 0 Å². The molecule has 1 unspecified atom stereocenters. The van der Waals surface area contributed by atoms with Gasteiger partial charge in [-0.05, 0) is 13.0 Å². The number of hydrogen-bond acceptors (Lipinski definition) is 2. The van der Waals surface area contributed by atoms with Gasteiger partial charge in [0.05, 0.1) is 0 Å². The van der Waals surface area contributed by atoms with Crippen LogP contribution in [0.5, 0.6) is 0 Å². The summed E-state index contributed by atoms with van der Waals surface area (Å²) in [7, 11) is 0. The Bertz CT molecular complexity index is 159. The van der Waals surface area contributed by atoms with Gasteiger partial charge in [0.1, 0.15) is 6.61 Å². The Morgan fingerprint density at radius 1 is 1.50 bits per heavy atom. The van der Waals surface area contributed by atoms with E-state index < -0.39 is 12.8 Å². The van der Waals surface area contributed by atoms with Gasteiger partial charge in [-0.25, -0.2) is 0 Å². The van der Waals surface area contributed by atoms with E-state index in [0.29, 0.717) is 6.42 Å². The van der Waals surface area contributed by atoms with E-state index in [1.807, 2.05) is 6.92 Å². The molecule has 84 valence electrons. The van der Waals surface area contributed by atoms with Crippen molar-refractivity contribution in [2.24, 2.45) is 0 Å². The van der Waals surface area contributed by atoms with E-state index in [4.69, 9.17) is 0 Å². The normalized spacial score (nSPS) is 14.0. The standard InChI is InChI=1S/C9H16F3NO/c1-3-8(13-4-2)5-6-14-7-9(10,11)12/h3,8,13H,1,4-7H2,2H3. The summed E-state index contributed by atoms with van der Waals surface area (Å²) in [6.45, 7) is 5.16. The van der Waals surface area contributed by atoms with Crippen LogP contribution in [-0.2, 0) is 4.74 Å². The van der Waals surface area contributed by atoms with E-state index >= 15 is 0 Å². The molecule has 14 heavy (non-hydrogen) atoms. The number of nitrogens with one attached hydrogen (secondary N) is 1. The molecule has 0 aliphatic carbocycles. The van der Waals surface area contributed by atoms with Gasteiger partial charge < -0.3 is 10.1 Å². The summed E-state index contributed by atoms with van der Waals surface area (Å²) < 4.78 is 39.4. The number of halogens is 3. The van der Waals surface area contributed by atoms with Gasteiger partial charge >= 0.3 is 6.18 Å². The molecule has 0 fully saturated rings. The quantitative estimate of drug-likeness (QED) is 0.514. The van der Waals surface area contributed by atoms with Crippen molar-refractivity contribution in [1.82, 2.24) is 5.32 Å². The third-order valence-electron chi connectivity index (χ3n) is 1.59. The van der Waals surface area contributed by atoms with Crippen molar-refractivity contribution in [1.29, 1.82) is 0 Å². The van der Waals surface area contributed by atoms with E-state index in [2.05, 4.69) is 16.6 Å². The van der Waals surface area contributed by atoms with E-state index in [1.54, 1.807) is 6.08 Å². The first-order chi connectivity index (χ1) is 6.49. The minimum Gasteiger partial charge on any atom is -0.372 e. The first kappa shape index (κ1) is 13.4. The molecule has 0 saturated carbocycles. The summed E-state index contributed by atoms with van der Waals surface area (Å²) in [4.78, 5) is 0. The first-order valence-corrected chi connectivity index (χ1v) is 4.50. The predicted octanol–water partition coefficient (Wildman–Crippen LogP) is 2.12. The lowest BCUT2D eigenvalue weighted by Crippen LogP contribution is -2.28. The molecule has 0 amide bonds. The van der Waals surface area contributed by atoms with Crippen LogP contribution < -0.4 is 5.32 Å². The van der Waals surface area contributed by atoms with Crippen LogP contribution >= 0.6 is 0 Å². The lowest BCUT2D eigenvalue weighted by molar-refractivity contribution is -0.174. The Morgan fingerprint density at radius 3 is 2.57 bits per heavy atom. The van der Waals surface area contributed by atoms with Crippen LogP contribution in [0.15, 0.2) is 12.7 Å². The highest BCUT2D eigenvalue weighted by molar-refractivity contribution is 4.84. The van der Waals surface area contributed by atoms with Gasteiger partial charge in [-0.1, -0.05) is 13.0 Å². The van der Waals surface area contributed by atoms with Crippen LogP contribution in [0.2, 0.25) is 0 Å². The molecular weight excluding hydrogens is 195 g/mol. The zero-order valence-corrected chi connectivity index (χ0v) is 8.23. The molecule has 0 aromatic rings. The van der Waals surface area contributed by atoms with Gasteiger partial charge in [-0.2, -0.15) is 13.2 Å². The minimum atomic E-state index is -4.23. The monoisotopic (exact) mass is 211 g/mol. The molecule has 0 bridgehead atoms. The molecule has 1 N–H and O–H groups in total. The molecule has 0 aliphatic heterocycles. The van der Waals surface area contributed by atoms with Crippen LogP contribution in [-0.4, -0.2) is 32.0 Å². The topological polar surface area (TPSA) is 21.3 Å². The third-order valence-corrected chi connectivity index (χ3v) is 1.59. The summed E-state index contributed by atoms with van der Waals surface area (Å²) in [5.74, 6) is 0. The first-order valence-electron chi connectivity index (χ1n) is 4.50. The van der Waals surface area contributed by atoms with E-state index in [9.17, 15) is 13.2 Å². The molecule has 5 heteroatoms. The summed E-state index contributed by atoms with van der Waals surface area (Å²) >= 11 is 0. The van der Waals surface area contributed by atoms with Crippen LogP contribution in [0.25, 0.3) is 0 Å². The molecule has 0 heterocycles. The van der Waals surface area contributed by atoms with Gasteiger partial charge in [-0.15, -0.1) is 6.58 Å². The van der Waals surface area contributed by atoms with Gasteiger partial charge in [0.15, 0.2) is 0 Å². The SMILES string of the molecule is C=CC(CCOCC(F)(F)F)NCC. The molecule has 0 aromatic heterocycles. The maximum absolute atomic E-state index is 11.6. The molecule has 0 aliphatic rings. The zero-order chi connectivity index (χ0) is 11.0. The maximum Gasteiger partial charge on any atom is 0.411 e. The molecular formula is C9H16F3NO. The summed E-state index contributed by atoms with van der Waals surface area (Å²) in [5.41, 5.74) is 0. The number of hydrogen-bond donors (Lipinski definition) is 1. The molecule has 2 nitrogen and oxygen atoms in total. The van der Waals surface area contributed by atoms with Gasteiger partial charge in [0.25, 0.3) is 0 Å². The van der Waals surface area contributed by atoms with Crippen LogP contribution in [0.4, 0.5) is 13.2 Å². The fourth-order valence-electron chi connectivity index (χ4n) is 0.964. The van der Waals surface area contributed by atoms with Crippen LogP contribution in [0.1, 0.15) is 13.3 Å². The highest BCUT2D eigenvalue weighted by Gasteiger charge is 2.27. The van der Waals surface area contributed by atoms with Crippen molar-refractivity contribution >= 4 is 0 Å². The average molecular weight is 211 g/mol. The van der Waals surface area contributed by atoms with Crippen molar-refractivity contribution in [2.45, 2.75) is 25.6 Å². The largest absolute Gasteiger partial charge is 0.411 e. The second kappa shape index (κ2) is 6.84. The molecule has 0 spiro atoms. The number of ether oxygens (including phenoxy) is 1. The second-order valence-corrected chi connectivity index (χ2v) is 2.86. The highest BCUT2D eigenvalue weighted by atomic mass is 19.4. The Kier molecular flexibility index (Phi) is 6.57. The lowest BCUT2D eigenvalue weighted by Gasteiger charge is -2.13. The van der Waals surface area contributed by atoms with E-state index in [1.165, 1.54) is 0 Å². The molecule has 0 saturated heterocycles. The molecule has 0 aromatic carbocycles. The Balaban J connectivity index is 3.47. The van der Waals surface area contributed by atoms with Crippen molar-refractivity contribution in [2.75, 3.05) is 19.8 Å². The van der Waals surface area contributed by atoms with Crippen LogP contribution in [0.3, 0.4) is 0 Å². The molecule has 0 radical (unpaired) electrons. The zero-order valence-electron chi connectivity index (χ0n) is 8.23.